The highest BCUT2D eigenvalue weighted by atomic mass is 79.9. The molecule has 1 aromatic carbocycles. The van der Waals surface area contributed by atoms with Gasteiger partial charge in [-0.05, 0) is 17.7 Å². The number of rotatable bonds is 3. The molecule has 0 saturated heterocycles. The number of sulfonamides is 1. The van der Waals surface area contributed by atoms with Gasteiger partial charge in [0, 0.05) is 9.89 Å². The molecule has 1 rings (SSSR count). The van der Waals surface area contributed by atoms with Crippen molar-refractivity contribution in [3.05, 3.63) is 34.3 Å². The van der Waals surface area contributed by atoms with E-state index in [1.165, 1.54) is 0 Å². The third-order valence-corrected chi connectivity index (χ3v) is 3.84. The smallest absolute Gasteiger partial charge is 0.209 e. The summed E-state index contributed by atoms with van der Waals surface area (Å²) in [6.07, 6.45) is 0. The number of halogens is 1. The summed E-state index contributed by atoms with van der Waals surface area (Å²) in [6, 6.07) is 7.57. The van der Waals surface area contributed by atoms with Crippen molar-refractivity contribution in [3.8, 4) is 0 Å². The molecule has 0 aromatic heterocycles. The van der Waals surface area contributed by atoms with Gasteiger partial charge >= 0.3 is 0 Å². The van der Waals surface area contributed by atoms with Crippen LogP contribution in [0.2, 0.25) is 0 Å². The lowest BCUT2D eigenvalue weighted by Crippen LogP contribution is -2.32. The van der Waals surface area contributed by atoms with E-state index < -0.39 is 15.4 Å². The molecule has 3 nitrogen and oxygen atoms in total. The minimum absolute atomic E-state index is 0.0539. The number of hydrogen-bond acceptors (Lipinski definition) is 2. The highest BCUT2D eigenvalue weighted by molar-refractivity contribution is 9.10. The summed E-state index contributed by atoms with van der Waals surface area (Å²) in [5.74, 6) is -0.0539. The molecule has 0 fully saturated rings. The first-order chi connectivity index (χ1) is 6.71. The molecular weight excluding hydrogens is 278 g/mol. The third kappa shape index (κ3) is 3.93. The summed E-state index contributed by atoms with van der Waals surface area (Å²) >= 11 is 3.33. The van der Waals surface area contributed by atoms with E-state index in [1.54, 1.807) is 0 Å². The highest BCUT2D eigenvalue weighted by Gasteiger charge is 2.25. The van der Waals surface area contributed by atoms with Gasteiger partial charge in [0.25, 0.3) is 0 Å². The zero-order chi connectivity index (χ0) is 11.7. The van der Waals surface area contributed by atoms with Crippen LogP contribution in [0, 0.1) is 0 Å². The molecule has 0 aliphatic carbocycles. The van der Waals surface area contributed by atoms with Crippen LogP contribution in [0.4, 0.5) is 0 Å². The molecule has 1 aromatic rings. The standard InChI is InChI=1S/C10H14BrNO2S/c1-10(2,7-15(12,13)14)8-3-5-9(11)6-4-8/h3-6H,7H2,1-2H3,(H2,12,13,14). The summed E-state index contributed by atoms with van der Waals surface area (Å²) in [6.45, 7) is 3.72. The molecule has 0 unspecified atom stereocenters. The minimum Gasteiger partial charge on any atom is -0.229 e. The van der Waals surface area contributed by atoms with Crippen LogP contribution in [0.1, 0.15) is 19.4 Å². The van der Waals surface area contributed by atoms with Gasteiger partial charge in [-0.25, -0.2) is 13.6 Å². The van der Waals surface area contributed by atoms with E-state index in [4.69, 9.17) is 5.14 Å². The molecule has 5 heteroatoms. The number of hydrogen-bond donors (Lipinski definition) is 1. The molecule has 0 atom stereocenters. The fourth-order valence-corrected chi connectivity index (χ4v) is 2.92. The van der Waals surface area contributed by atoms with Crippen LogP contribution >= 0.6 is 15.9 Å². The monoisotopic (exact) mass is 291 g/mol. The Hall–Kier alpha value is -0.390. The Balaban J connectivity index is 3.00. The SMILES string of the molecule is CC(C)(CS(N)(=O)=O)c1ccc(Br)cc1. The maximum absolute atomic E-state index is 11.1. The Bertz CT molecular complexity index is 437. The van der Waals surface area contributed by atoms with Crippen molar-refractivity contribution in [1.29, 1.82) is 0 Å². The minimum atomic E-state index is -3.45. The van der Waals surface area contributed by atoms with E-state index in [2.05, 4.69) is 15.9 Å². The lowest BCUT2D eigenvalue weighted by molar-refractivity contribution is 0.549. The maximum atomic E-state index is 11.1. The first kappa shape index (κ1) is 12.7. The van der Waals surface area contributed by atoms with E-state index in [0.29, 0.717) is 0 Å². The molecule has 0 radical (unpaired) electrons. The van der Waals surface area contributed by atoms with Gasteiger partial charge < -0.3 is 0 Å². The van der Waals surface area contributed by atoms with Gasteiger partial charge in [0.1, 0.15) is 0 Å². The lowest BCUT2D eigenvalue weighted by Gasteiger charge is -2.23. The van der Waals surface area contributed by atoms with E-state index in [-0.39, 0.29) is 5.75 Å². The summed E-state index contributed by atoms with van der Waals surface area (Å²) in [4.78, 5) is 0. The Morgan fingerprint density at radius 3 is 2.13 bits per heavy atom. The number of primary sulfonamides is 1. The molecule has 2 N–H and O–H groups in total. The van der Waals surface area contributed by atoms with Gasteiger partial charge in [-0.15, -0.1) is 0 Å². The predicted molar refractivity (Wildman–Crippen MR) is 65.1 cm³/mol. The average Bonchev–Trinajstić information content (AvgIpc) is 2.00. The van der Waals surface area contributed by atoms with Crippen LogP contribution in [0.3, 0.4) is 0 Å². The zero-order valence-corrected chi connectivity index (χ0v) is 11.1. The van der Waals surface area contributed by atoms with Crippen molar-refractivity contribution in [2.45, 2.75) is 19.3 Å². The normalized spacial score (nSPS) is 12.8. The fourth-order valence-electron chi connectivity index (χ4n) is 1.49. The molecule has 0 aliphatic rings. The van der Waals surface area contributed by atoms with Crippen molar-refractivity contribution in [1.82, 2.24) is 0 Å². The molecule has 0 bridgehead atoms. The van der Waals surface area contributed by atoms with Gasteiger partial charge in [-0.2, -0.15) is 0 Å². The number of nitrogens with two attached hydrogens (primary N) is 1. The van der Waals surface area contributed by atoms with Crippen molar-refractivity contribution in [2.24, 2.45) is 5.14 Å². The molecule has 0 spiro atoms. The molecule has 0 amide bonds. The first-order valence-corrected chi connectivity index (χ1v) is 6.98. The molecule has 0 saturated carbocycles. The molecule has 84 valence electrons. The Morgan fingerprint density at radius 1 is 1.27 bits per heavy atom. The van der Waals surface area contributed by atoms with Gasteiger partial charge in [0.2, 0.25) is 10.0 Å². The maximum Gasteiger partial charge on any atom is 0.209 e. The first-order valence-electron chi connectivity index (χ1n) is 4.47. The fraction of sp³-hybridized carbons (Fsp3) is 0.400. The van der Waals surface area contributed by atoms with Crippen LogP contribution in [0.15, 0.2) is 28.7 Å². The van der Waals surface area contributed by atoms with E-state index in [9.17, 15) is 8.42 Å². The lowest BCUT2D eigenvalue weighted by atomic mass is 9.87. The largest absolute Gasteiger partial charge is 0.229 e. The molecule has 15 heavy (non-hydrogen) atoms. The highest BCUT2D eigenvalue weighted by Crippen LogP contribution is 2.25. The van der Waals surface area contributed by atoms with Crippen LogP contribution in [0.5, 0.6) is 0 Å². The summed E-state index contributed by atoms with van der Waals surface area (Å²) < 4.78 is 23.1. The van der Waals surface area contributed by atoms with Crippen molar-refractivity contribution >= 4 is 26.0 Å². The van der Waals surface area contributed by atoms with E-state index >= 15 is 0 Å². The van der Waals surface area contributed by atoms with Crippen molar-refractivity contribution in [2.75, 3.05) is 5.75 Å². The van der Waals surface area contributed by atoms with Gasteiger partial charge in [-0.3, -0.25) is 0 Å². The molecular formula is C10H14BrNO2S. The van der Waals surface area contributed by atoms with E-state index in [0.717, 1.165) is 10.0 Å². The third-order valence-electron chi connectivity index (χ3n) is 2.19. The second kappa shape index (κ2) is 4.23. The Morgan fingerprint density at radius 2 is 1.73 bits per heavy atom. The van der Waals surface area contributed by atoms with Crippen LogP contribution in [-0.4, -0.2) is 14.2 Å². The van der Waals surface area contributed by atoms with Gasteiger partial charge in [0.05, 0.1) is 5.75 Å². The summed E-state index contributed by atoms with van der Waals surface area (Å²) in [5, 5.41) is 5.05. The van der Waals surface area contributed by atoms with Crippen LogP contribution in [-0.2, 0) is 15.4 Å². The second-order valence-electron chi connectivity index (χ2n) is 4.20. The Labute approximate surface area is 98.9 Å². The average molecular weight is 292 g/mol. The summed E-state index contributed by atoms with van der Waals surface area (Å²) in [5.41, 5.74) is 0.494. The summed E-state index contributed by atoms with van der Waals surface area (Å²) in [7, 11) is -3.45. The zero-order valence-electron chi connectivity index (χ0n) is 8.70. The second-order valence-corrected chi connectivity index (χ2v) is 6.73. The van der Waals surface area contributed by atoms with Gasteiger partial charge in [0.15, 0.2) is 0 Å². The predicted octanol–water partition coefficient (Wildman–Crippen LogP) is 2.02. The Kier molecular flexibility index (Phi) is 3.58. The topological polar surface area (TPSA) is 60.2 Å². The molecule has 0 heterocycles. The quantitative estimate of drug-likeness (QED) is 0.926. The van der Waals surface area contributed by atoms with Crippen LogP contribution in [0.25, 0.3) is 0 Å². The van der Waals surface area contributed by atoms with Crippen molar-refractivity contribution < 1.29 is 8.42 Å². The molecule has 0 aliphatic heterocycles. The van der Waals surface area contributed by atoms with E-state index in [1.807, 2.05) is 38.1 Å². The number of benzene rings is 1. The van der Waals surface area contributed by atoms with Gasteiger partial charge in [-0.1, -0.05) is 41.9 Å². The van der Waals surface area contributed by atoms with Crippen molar-refractivity contribution in [3.63, 3.8) is 0 Å². The van der Waals surface area contributed by atoms with Crippen LogP contribution < -0.4 is 5.14 Å².